The zero-order valence-corrected chi connectivity index (χ0v) is 16.9. The van der Waals surface area contributed by atoms with E-state index in [2.05, 4.69) is 95.0 Å². The Morgan fingerprint density at radius 1 is 0.885 bits per heavy atom. The molecule has 0 spiro atoms. The van der Waals surface area contributed by atoms with E-state index >= 15 is 0 Å². The molecule has 2 aromatic heterocycles. The summed E-state index contributed by atoms with van der Waals surface area (Å²) in [6.07, 6.45) is 0. The van der Waals surface area contributed by atoms with Crippen LogP contribution in [0.4, 0.5) is 0 Å². The van der Waals surface area contributed by atoms with Gasteiger partial charge in [-0.15, -0.1) is 11.3 Å². The van der Waals surface area contributed by atoms with E-state index in [1.165, 1.54) is 48.0 Å². The van der Waals surface area contributed by atoms with Crippen LogP contribution in [0.1, 0.15) is 25.0 Å². The number of hydrogen-bond donors (Lipinski definition) is 0. The highest BCUT2D eigenvalue weighted by Gasteiger charge is 2.35. The van der Waals surface area contributed by atoms with Gasteiger partial charge in [-0.2, -0.15) is 0 Å². The summed E-state index contributed by atoms with van der Waals surface area (Å²) in [5.41, 5.74) is 5.45. The number of thiophene rings is 1. The first kappa shape index (κ1) is 15.0. The minimum Gasteiger partial charge on any atom is -0.300 e. The van der Waals surface area contributed by atoms with Crippen molar-refractivity contribution in [2.24, 2.45) is 0 Å². The van der Waals surface area contributed by atoms with Crippen molar-refractivity contribution in [2.75, 3.05) is 0 Å². The van der Waals surface area contributed by atoms with Crippen molar-refractivity contribution in [1.29, 1.82) is 0 Å². The number of fused-ring (bicyclic) bond motifs is 7. The molecule has 3 heterocycles. The van der Waals surface area contributed by atoms with Crippen LogP contribution in [0.15, 0.2) is 65.1 Å². The summed E-state index contributed by atoms with van der Waals surface area (Å²) < 4.78 is 4.99. The quantitative estimate of drug-likeness (QED) is 0.247. The van der Waals surface area contributed by atoms with Crippen LogP contribution in [-0.2, 0) is 5.41 Å². The summed E-state index contributed by atoms with van der Waals surface area (Å²) in [6, 6.07) is 22.3. The number of aromatic nitrogens is 1. The normalized spacial score (nSPS) is 15.0. The highest BCUT2D eigenvalue weighted by molar-refractivity contribution is 9.10. The maximum Gasteiger partial charge on any atom is 0.109 e. The fraction of sp³-hybridized carbons (Fsp3) is 0.130. The van der Waals surface area contributed by atoms with Crippen molar-refractivity contribution in [3.05, 3.63) is 76.3 Å². The van der Waals surface area contributed by atoms with Gasteiger partial charge >= 0.3 is 0 Å². The van der Waals surface area contributed by atoms with Crippen LogP contribution >= 0.6 is 27.3 Å². The van der Waals surface area contributed by atoms with Gasteiger partial charge in [-0.3, -0.25) is 0 Å². The molecule has 1 aliphatic heterocycles. The van der Waals surface area contributed by atoms with Crippen LogP contribution in [0, 0.1) is 0 Å². The highest BCUT2D eigenvalue weighted by atomic mass is 79.9. The van der Waals surface area contributed by atoms with Gasteiger partial charge in [0.15, 0.2) is 0 Å². The van der Waals surface area contributed by atoms with Gasteiger partial charge in [0.05, 0.1) is 11.2 Å². The van der Waals surface area contributed by atoms with E-state index in [9.17, 15) is 0 Å². The Morgan fingerprint density at radius 2 is 1.69 bits per heavy atom. The topological polar surface area (TPSA) is 4.93 Å². The largest absolute Gasteiger partial charge is 0.300 e. The lowest BCUT2D eigenvalue weighted by atomic mass is 9.75. The average molecular weight is 418 g/mol. The van der Waals surface area contributed by atoms with Gasteiger partial charge in [0, 0.05) is 30.7 Å². The molecule has 3 aromatic carbocycles. The Bertz CT molecular complexity index is 1370. The summed E-state index contributed by atoms with van der Waals surface area (Å²) >= 11 is 5.58. The van der Waals surface area contributed by atoms with E-state index in [4.69, 9.17) is 0 Å². The maximum absolute atomic E-state index is 3.68. The van der Waals surface area contributed by atoms with Gasteiger partial charge < -0.3 is 4.57 Å². The molecule has 0 saturated heterocycles. The molecule has 1 nitrogen and oxygen atoms in total. The maximum atomic E-state index is 3.68. The van der Waals surface area contributed by atoms with Crippen molar-refractivity contribution in [1.82, 2.24) is 4.57 Å². The number of para-hydroxylation sites is 1. The summed E-state index contributed by atoms with van der Waals surface area (Å²) in [5.74, 6) is 0. The van der Waals surface area contributed by atoms with Crippen LogP contribution in [0.5, 0.6) is 0 Å². The molecule has 0 N–H and O–H groups in total. The van der Waals surface area contributed by atoms with Crippen molar-refractivity contribution < 1.29 is 0 Å². The second kappa shape index (κ2) is 4.79. The zero-order valence-electron chi connectivity index (χ0n) is 14.5. The molecule has 0 aliphatic carbocycles. The number of rotatable bonds is 0. The zero-order chi connectivity index (χ0) is 17.6. The van der Waals surface area contributed by atoms with E-state index in [0.717, 1.165) is 4.47 Å². The van der Waals surface area contributed by atoms with E-state index in [-0.39, 0.29) is 5.41 Å². The molecular weight excluding hydrogens is 402 g/mol. The molecule has 0 saturated carbocycles. The molecule has 0 bridgehead atoms. The summed E-state index contributed by atoms with van der Waals surface area (Å²) in [7, 11) is 0. The molecular formula is C23H16BrNS. The minimum atomic E-state index is -0.0229. The highest BCUT2D eigenvalue weighted by Crippen LogP contribution is 2.50. The Kier molecular flexibility index (Phi) is 2.76. The Balaban J connectivity index is 1.95. The van der Waals surface area contributed by atoms with Crippen molar-refractivity contribution in [2.45, 2.75) is 19.3 Å². The molecule has 0 amide bonds. The third kappa shape index (κ3) is 1.66. The lowest BCUT2D eigenvalue weighted by Crippen LogP contribution is -2.26. The van der Waals surface area contributed by atoms with Gasteiger partial charge in [0.1, 0.15) is 4.83 Å². The second-order valence-electron chi connectivity index (χ2n) is 7.60. The summed E-state index contributed by atoms with van der Waals surface area (Å²) in [4.78, 5) is 1.35. The number of benzene rings is 3. The number of halogens is 1. The van der Waals surface area contributed by atoms with E-state index in [1.807, 2.05) is 11.3 Å². The second-order valence-corrected chi connectivity index (χ2v) is 9.55. The van der Waals surface area contributed by atoms with E-state index in [1.54, 1.807) is 0 Å². The van der Waals surface area contributed by atoms with Gasteiger partial charge in [-0.25, -0.2) is 0 Å². The molecule has 126 valence electrons. The molecule has 5 aromatic rings. The monoisotopic (exact) mass is 417 g/mol. The van der Waals surface area contributed by atoms with E-state index < -0.39 is 0 Å². The standard InChI is InChI=1S/C23H16BrNS/c1-23(2)16-8-5-7-15-20-14-6-3-4-9-19(14)26-22(20)25(21(15)16)18-11-10-13(24)12-17(18)23/h3-12H,1-2H3. The predicted molar refractivity (Wildman–Crippen MR) is 116 cm³/mol. The molecule has 0 unspecified atom stereocenters. The molecule has 0 fully saturated rings. The van der Waals surface area contributed by atoms with Crippen molar-refractivity contribution in [3.8, 4) is 5.69 Å². The lowest BCUT2D eigenvalue weighted by molar-refractivity contribution is 0.630. The number of nitrogens with zero attached hydrogens (tertiary/aromatic N) is 1. The van der Waals surface area contributed by atoms with Crippen molar-refractivity contribution in [3.63, 3.8) is 0 Å². The Hall–Kier alpha value is -2.10. The smallest absolute Gasteiger partial charge is 0.109 e. The van der Waals surface area contributed by atoms with Crippen LogP contribution in [0.2, 0.25) is 0 Å². The molecule has 6 rings (SSSR count). The first-order valence-corrected chi connectivity index (χ1v) is 10.4. The molecule has 3 heteroatoms. The van der Waals surface area contributed by atoms with Gasteiger partial charge in [-0.05, 0) is 35.4 Å². The first-order valence-electron chi connectivity index (χ1n) is 8.83. The Labute approximate surface area is 164 Å². The molecule has 26 heavy (non-hydrogen) atoms. The third-order valence-electron chi connectivity index (χ3n) is 5.86. The van der Waals surface area contributed by atoms with Crippen LogP contribution < -0.4 is 0 Å². The third-order valence-corrected chi connectivity index (χ3v) is 7.50. The first-order chi connectivity index (χ1) is 12.6. The fourth-order valence-electron chi connectivity index (χ4n) is 4.62. The summed E-state index contributed by atoms with van der Waals surface area (Å²) in [6.45, 7) is 4.69. The Morgan fingerprint density at radius 3 is 2.58 bits per heavy atom. The molecule has 1 aliphatic rings. The minimum absolute atomic E-state index is 0.0229. The predicted octanol–water partition coefficient (Wildman–Crippen LogP) is 7.40. The van der Waals surface area contributed by atoms with Crippen LogP contribution in [0.3, 0.4) is 0 Å². The summed E-state index contributed by atoms with van der Waals surface area (Å²) in [5, 5.41) is 4.14. The fourth-order valence-corrected chi connectivity index (χ4v) is 6.22. The lowest BCUT2D eigenvalue weighted by Gasteiger charge is -2.34. The van der Waals surface area contributed by atoms with Crippen molar-refractivity contribution >= 4 is 58.5 Å². The van der Waals surface area contributed by atoms with Gasteiger partial charge in [0.2, 0.25) is 0 Å². The van der Waals surface area contributed by atoms with Crippen LogP contribution in [-0.4, -0.2) is 4.57 Å². The average Bonchev–Trinajstić information content (AvgIpc) is 3.15. The van der Waals surface area contributed by atoms with E-state index in [0.29, 0.717) is 0 Å². The SMILES string of the molecule is CC1(C)c2cc(Br)ccc2-n2c3sc4ccccc4c3c3cccc1c32. The molecule has 0 atom stereocenters. The van der Waals surface area contributed by atoms with Gasteiger partial charge in [0.25, 0.3) is 0 Å². The number of hydrogen-bond acceptors (Lipinski definition) is 1. The van der Waals surface area contributed by atoms with Crippen LogP contribution in [0.25, 0.3) is 36.9 Å². The molecule has 0 radical (unpaired) electrons. The van der Waals surface area contributed by atoms with Gasteiger partial charge in [-0.1, -0.05) is 66.2 Å².